The second-order valence-corrected chi connectivity index (χ2v) is 10.9. The molecular weight excluding hydrogens is 570 g/mol. The molecule has 0 spiro atoms. The molecule has 0 aliphatic carbocycles. The van der Waals surface area contributed by atoms with E-state index in [9.17, 15) is 22.4 Å². The van der Waals surface area contributed by atoms with Gasteiger partial charge in [0.2, 0.25) is 0 Å². The smallest absolute Gasteiger partial charge is 0.406 e. The molecule has 0 saturated carbocycles. The van der Waals surface area contributed by atoms with Gasteiger partial charge in [0.25, 0.3) is 11.8 Å². The van der Waals surface area contributed by atoms with E-state index in [1.165, 1.54) is 26.2 Å². The molecule has 0 radical (unpaired) electrons. The molecule has 3 aromatic rings. The standard InChI is InChI=1S/C29H33F4N7O3/c1-17(2)40(15-29(31,32)33)28(41)21-14-19(30)4-5-23(21)43-27-26(36-16-37-38-27)39-12-8-20(9-13-39)42-24-7-11-35-22-6-10-34-18(3)25(22)24/h4-5,7,11,14,16-18,20,34H,6,8-10,12-13,15H2,1-3H3. The molecule has 230 valence electrons. The van der Waals surface area contributed by atoms with Crippen molar-refractivity contribution in [2.45, 2.75) is 64.4 Å². The summed E-state index contributed by atoms with van der Waals surface area (Å²) in [6.07, 6.45) is 0.523. The van der Waals surface area contributed by atoms with Gasteiger partial charge in [0, 0.05) is 62.7 Å². The van der Waals surface area contributed by atoms with Crippen LogP contribution in [-0.4, -0.2) is 75.5 Å². The molecule has 1 fully saturated rings. The molecule has 1 unspecified atom stereocenters. The lowest BCUT2D eigenvalue weighted by atomic mass is 9.99. The number of piperidine rings is 1. The molecule has 1 amide bonds. The summed E-state index contributed by atoms with van der Waals surface area (Å²) < 4.78 is 66.2. The van der Waals surface area contributed by atoms with Crippen LogP contribution in [0.3, 0.4) is 0 Å². The quantitative estimate of drug-likeness (QED) is 0.361. The molecule has 1 aromatic carbocycles. The summed E-state index contributed by atoms with van der Waals surface area (Å²) in [6, 6.07) is 4.31. The Labute approximate surface area is 246 Å². The van der Waals surface area contributed by atoms with Crippen molar-refractivity contribution in [1.29, 1.82) is 0 Å². The summed E-state index contributed by atoms with van der Waals surface area (Å²) in [4.78, 5) is 24.6. The van der Waals surface area contributed by atoms with Crippen LogP contribution >= 0.6 is 0 Å². The number of fused-ring (bicyclic) bond motifs is 1. The third-order valence-corrected chi connectivity index (χ3v) is 7.50. The molecule has 14 heteroatoms. The zero-order valence-electron chi connectivity index (χ0n) is 24.1. The number of carbonyl (C=O) groups excluding carboxylic acids is 1. The van der Waals surface area contributed by atoms with Crippen LogP contribution < -0.4 is 19.7 Å². The van der Waals surface area contributed by atoms with Gasteiger partial charge in [-0.3, -0.25) is 9.78 Å². The van der Waals surface area contributed by atoms with Crippen LogP contribution in [-0.2, 0) is 6.42 Å². The Kier molecular flexibility index (Phi) is 8.95. The van der Waals surface area contributed by atoms with E-state index in [1.54, 1.807) is 6.20 Å². The highest BCUT2D eigenvalue weighted by molar-refractivity contribution is 5.97. The fraction of sp³-hybridized carbons (Fsp3) is 0.483. The predicted molar refractivity (Wildman–Crippen MR) is 149 cm³/mol. The summed E-state index contributed by atoms with van der Waals surface area (Å²) in [5, 5.41) is 11.3. The topological polar surface area (TPSA) is 106 Å². The number of pyridine rings is 1. The maximum Gasteiger partial charge on any atom is 0.406 e. The Balaban J connectivity index is 1.32. The Bertz CT molecular complexity index is 1450. The van der Waals surface area contributed by atoms with Crippen molar-refractivity contribution < 1.29 is 31.8 Å². The number of nitrogens with one attached hydrogen (secondary N) is 1. The SMILES string of the molecule is CC1NCCc2nccc(OC3CCN(c4ncnnc4Oc4ccc(F)cc4C(=O)N(CC(F)(F)F)C(C)C)CC3)c21. The second kappa shape index (κ2) is 12.7. The summed E-state index contributed by atoms with van der Waals surface area (Å²) >= 11 is 0. The fourth-order valence-corrected chi connectivity index (χ4v) is 5.38. The molecule has 1 saturated heterocycles. The zero-order chi connectivity index (χ0) is 30.7. The molecule has 1 N–H and O–H groups in total. The Hall–Kier alpha value is -4.07. The first kappa shape index (κ1) is 30.4. The number of benzene rings is 1. The number of halogens is 4. The van der Waals surface area contributed by atoms with Gasteiger partial charge < -0.3 is 24.6 Å². The van der Waals surface area contributed by atoms with Gasteiger partial charge in [-0.05, 0) is 45.0 Å². The van der Waals surface area contributed by atoms with Crippen molar-refractivity contribution in [2.75, 3.05) is 31.1 Å². The maximum atomic E-state index is 14.2. The van der Waals surface area contributed by atoms with Gasteiger partial charge in [0.15, 0.2) is 5.82 Å². The van der Waals surface area contributed by atoms with Crippen LogP contribution in [0.25, 0.3) is 0 Å². The minimum Gasteiger partial charge on any atom is -0.490 e. The fourth-order valence-electron chi connectivity index (χ4n) is 5.38. The van der Waals surface area contributed by atoms with Crippen molar-refractivity contribution in [3.8, 4) is 17.4 Å². The average Bonchev–Trinajstić information content (AvgIpc) is 2.97. The number of ether oxygens (including phenoxy) is 2. The molecule has 10 nitrogen and oxygen atoms in total. The molecule has 4 heterocycles. The summed E-state index contributed by atoms with van der Waals surface area (Å²) in [7, 11) is 0. The second-order valence-electron chi connectivity index (χ2n) is 10.9. The lowest BCUT2D eigenvalue weighted by Crippen LogP contribution is -2.43. The number of anilines is 1. The zero-order valence-corrected chi connectivity index (χ0v) is 24.1. The van der Waals surface area contributed by atoms with Crippen molar-refractivity contribution in [3.63, 3.8) is 0 Å². The van der Waals surface area contributed by atoms with Crippen LogP contribution in [0.2, 0.25) is 0 Å². The third-order valence-electron chi connectivity index (χ3n) is 7.50. The van der Waals surface area contributed by atoms with Crippen molar-refractivity contribution >= 4 is 11.7 Å². The van der Waals surface area contributed by atoms with E-state index in [2.05, 4.69) is 32.4 Å². The summed E-state index contributed by atoms with van der Waals surface area (Å²) in [5.74, 6) is -0.881. The van der Waals surface area contributed by atoms with E-state index in [0.717, 1.165) is 42.1 Å². The van der Waals surface area contributed by atoms with E-state index in [0.29, 0.717) is 36.6 Å². The highest BCUT2D eigenvalue weighted by Crippen LogP contribution is 2.35. The number of nitrogens with zero attached hydrogens (tertiary/aromatic N) is 6. The van der Waals surface area contributed by atoms with Crippen LogP contribution in [0, 0.1) is 5.82 Å². The molecule has 5 rings (SSSR count). The Morgan fingerprint density at radius 1 is 1.16 bits per heavy atom. The van der Waals surface area contributed by atoms with E-state index >= 15 is 0 Å². The molecule has 1 atom stereocenters. The molecule has 2 aliphatic heterocycles. The normalized spacial score (nSPS) is 17.5. The number of aromatic nitrogens is 4. The van der Waals surface area contributed by atoms with Crippen LogP contribution in [0.1, 0.15) is 61.3 Å². The van der Waals surface area contributed by atoms with E-state index < -0.39 is 30.5 Å². The Morgan fingerprint density at radius 2 is 1.93 bits per heavy atom. The predicted octanol–water partition coefficient (Wildman–Crippen LogP) is 4.87. The number of hydrogen-bond acceptors (Lipinski definition) is 9. The number of rotatable bonds is 8. The van der Waals surface area contributed by atoms with Crippen LogP contribution in [0.15, 0.2) is 36.8 Å². The molecule has 2 aliphatic rings. The van der Waals surface area contributed by atoms with Crippen molar-refractivity contribution in [3.05, 3.63) is 59.4 Å². The third kappa shape index (κ3) is 7.12. The first-order chi connectivity index (χ1) is 20.5. The summed E-state index contributed by atoms with van der Waals surface area (Å²) in [5.41, 5.74) is 1.76. The van der Waals surface area contributed by atoms with Gasteiger partial charge in [-0.1, -0.05) is 0 Å². The lowest BCUT2D eigenvalue weighted by molar-refractivity contribution is -0.143. The minimum absolute atomic E-state index is 0.0481. The maximum absolute atomic E-state index is 14.2. The number of alkyl halides is 3. The van der Waals surface area contributed by atoms with Gasteiger partial charge in [-0.15, -0.1) is 10.2 Å². The van der Waals surface area contributed by atoms with Gasteiger partial charge in [-0.2, -0.15) is 13.2 Å². The largest absolute Gasteiger partial charge is 0.490 e. The number of amides is 1. The van der Waals surface area contributed by atoms with Gasteiger partial charge in [0.05, 0.1) is 11.3 Å². The Morgan fingerprint density at radius 3 is 2.65 bits per heavy atom. The highest BCUT2D eigenvalue weighted by atomic mass is 19.4. The van der Waals surface area contributed by atoms with Crippen LogP contribution in [0.5, 0.6) is 17.4 Å². The van der Waals surface area contributed by atoms with E-state index in [1.807, 2.05) is 11.0 Å². The summed E-state index contributed by atoms with van der Waals surface area (Å²) in [6.45, 7) is 5.45. The molecule has 43 heavy (non-hydrogen) atoms. The highest BCUT2D eigenvalue weighted by Gasteiger charge is 2.36. The number of hydrogen-bond donors (Lipinski definition) is 1. The minimum atomic E-state index is -4.64. The molecule has 2 aromatic heterocycles. The first-order valence-corrected chi connectivity index (χ1v) is 14.2. The lowest BCUT2D eigenvalue weighted by Gasteiger charge is -2.34. The molecule has 0 bridgehead atoms. The average molecular weight is 604 g/mol. The van der Waals surface area contributed by atoms with Crippen molar-refractivity contribution in [1.82, 2.24) is 30.4 Å². The van der Waals surface area contributed by atoms with Gasteiger partial charge >= 0.3 is 6.18 Å². The first-order valence-electron chi connectivity index (χ1n) is 14.2. The van der Waals surface area contributed by atoms with Crippen molar-refractivity contribution in [2.24, 2.45) is 0 Å². The monoisotopic (exact) mass is 603 g/mol. The van der Waals surface area contributed by atoms with Gasteiger partial charge in [-0.25, -0.2) is 9.37 Å². The van der Waals surface area contributed by atoms with E-state index in [4.69, 9.17) is 9.47 Å². The van der Waals surface area contributed by atoms with Crippen LogP contribution in [0.4, 0.5) is 23.4 Å². The number of carbonyl (C=O) groups is 1. The van der Waals surface area contributed by atoms with E-state index in [-0.39, 0.29) is 29.3 Å². The molecular formula is C29H33F4N7O3. The van der Waals surface area contributed by atoms with Gasteiger partial charge in [0.1, 0.15) is 36.3 Å².